The molecule has 0 spiro atoms. The maximum atomic E-state index is 11.3. The minimum absolute atomic E-state index is 0.123. The van der Waals surface area contributed by atoms with Gasteiger partial charge in [0.15, 0.2) is 0 Å². The molecule has 1 aromatic rings. The third-order valence-corrected chi connectivity index (χ3v) is 6.69. The first-order chi connectivity index (χ1) is 10.9. The number of aliphatic hydroxyl groups is 1. The second-order valence-electron chi connectivity index (χ2n) is 8.90. The molecule has 1 N–H and O–H groups in total. The van der Waals surface area contributed by atoms with Crippen LogP contribution in [0.15, 0.2) is 24.3 Å². The molecule has 2 fully saturated rings. The second-order valence-corrected chi connectivity index (χ2v) is 8.90. The van der Waals surface area contributed by atoms with E-state index in [2.05, 4.69) is 52.0 Å². The van der Waals surface area contributed by atoms with E-state index in [1.807, 2.05) is 0 Å². The number of benzene rings is 1. The topological polar surface area (TPSA) is 20.2 Å². The van der Waals surface area contributed by atoms with E-state index >= 15 is 0 Å². The molecule has 2 aliphatic rings. The van der Waals surface area contributed by atoms with E-state index in [0.29, 0.717) is 5.92 Å². The molecule has 4 atom stereocenters. The first-order valence-corrected chi connectivity index (χ1v) is 9.71. The van der Waals surface area contributed by atoms with Crippen LogP contribution in [0.2, 0.25) is 0 Å². The minimum Gasteiger partial charge on any atom is -0.388 e. The molecular formula is C22H34O. The quantitative estimate of drug-likeness (QED) is 0.713. The van der Waals surface area contributed by atoms with Gasteiger partial charge >= 0.3 is 0 Å². The molecule has 1 nitrogen and oxygen atoms in total. The lowest BCUT2D eigenvalue weighted by molar-refractivity contribution is -0.0797. The van der Waals surface area contributed by atoms with E-state index < -0.39 is 0 Å². The monoisotopic (exact) mass is 314 g/mol. The highest BCUT2D eigenvalue weighted by molar-refractivity contribution is 5.28. The van der Waals surface area contributed by atoms with Crippen LogP contribution in [0.4, 0.5) is 0 Å². The Morgan fingerprint density at radius 3 is 2.04 bits per heavy atom. The maximum Gasteiger partial charge on any atom is 0.0846 e. The van der Waals surface area contributed by atoms with Crippen LogP contribution in [0.3, 0.4) is 0 Å². The number of fused-ring (bicyclic) bond motifs is 2. The summed E-state index contributed by atoms with van der Waals surface area (Å²) in [5.41, 5.74) is 2.66. The average molecular weight is 315 g/mol. The van der Waals surface area contributed by atoms with Gasteiger partial charge in [-0.25, -0.2) is 0 Å². The molecule has 3 rings (SSSR count). The molecule has 1 heteroatoms. The van der Waals surface area contributed by atoms with Crippen LogP contribution in [0, 0.1) is 23.2 Å². The highest BCUT2D eigenvalue weighted by Gasteiger charge is 2.48. The molecule has 1 aromatic carbocycles. The summed E-state index contributed by atoms with van der Waals surface area (Å²) in [6, 6.07) is 8.85. The van der Waals surface area contributed by atoms with Crippen molar-refractivity contribution in [3.63, 3.8) is 0 Å². The van der Waals surface area contributed by atoms with Crippen molar-refractivity contribution in [1.82, 2.24) is 0 Å². The van der Waals surface area contributed by atoms with E-state index in [1.54, 1.807) is 0 Å². The molecule has 23 heavy (non-hydrogen) atoms. The van der Waals surface area contributed by atoms with E-state index in [0.717, 1.165) is 23.3 Å². The SMILES string of the molecule is CCC(C)c1ccc(C(O)C23CC(C)CC(CC(C)C2)C3)cc1. The van der Waals surface area contributed by atoms with Crippen molar-refractivity contribution in [2.45, 2.75) is 78.2 Å². The highest BCUT2D eigenvalue weighted by atomic mass is 16.3. The van der Waals surface area contributed by atoms with Crippen LogP contribution < -0.4 is 0 Å². The Morgan fingerprint density at radius 1 is 1.00 bits per heavy atom. The zero-order chi connectivity index (χ0) is 16.6. The lowest BCUT2D eigenvalue weighted by Crippen LogP contribution is -2.43. The van der Waals surface area contributed by atoms with E-state index in [1.165, 1.54) is 44.1 Å². The summed E-state index contributed by atoms with van der Waals surface area (Å²) in [5.74, 6) is 2.95. The predicted molar refractivity (Wildman–Crippen MR) is 97.4 cm³/mol. The molecular weight excluding hydrogens is 280 g/mol. The van der Waals surface area contributed by atoms with Gasteiger partial charge in [0.2, 0.25) is 0 Å². The van der Waals surface area contributed by atoms with Crippen LogP contribution in [-0.4, -0.2) is 5.11 Å². The van der Waals surface area contributed by atoms with Crippen molar-refractivity contribution in [1.29, 1.82) is 0 Å². The molecule has 128 valence electrons. The largest absolute Gasteiger partial charge is 0.388 e. The van der Waals surface area contributed by atoms with Gasteiger partial charge < -0.3 is 5.11 Å². The standard InChI is InChI=1S/C22H34O/c1-5-17(4)19-6-8-20(9-7-19)21(23)22-12-15(2)10-18(14-22)11-16(3)13-22/h6-9,15-18,21,23H,5,10-14H2,1-4H3. The van der Waals surface area contributed by atoms with Crippen molar-refractivity contribution in [2.75, 3.05) is 0 Å². The molecule has 2 aliphatic carbocycles. The molecule has 4 unspecified atom stereocenters. The lowest BCUT2D eigenvalue weighted by atomic mass is 9.54. The zero-order valence-electron chi connectivity index (χ0n) is 15.4. The van der Waals surface area contributed by atoms with E-state index in [9.17, 15) is 5.11 Å². The Hall–Kier alpha value is -0.820. The average Bonchev–Trinajstić information content (AvgIpc) is 2.52. The number of rotatable bonds is 4. The van der Waals surface area contributed by atoms with Gasteiger partial charge in [0.25, 0.3) is 0 Å². The summed E-state index contributed by atoms with van der Waals surface area (Å²) < 4.78 is 0. The maximum absolute atomic E-state index is 11.3. The predicted octanol–water partition coefficient (Wildman–Crippen LogP) is 6.09. The molecule has 0 radical (unpaired) electrons. The fourth-order valence-electron chi connectivity index (χ4n) is 5.71. The van der Waals surface area contributed by atoms with Crippen molar-refractivity contribution in [3.8, 4) is 0 Å². The van der Waals surface area contributed by atoms with Gasteiger partial charge in [-0.05, 0) is 73.3 Å². The van der Waals surface area contributed by atoms with Crippen molar-refractivity contribution in [3.05, 3.63) is 35.4 Å². The third kappa shape index (κ3) is 3.36. The molecule has 0 saturated heterocycles. The van der Waals surface area contributed by atoms with Gasteiger partial charge in [-0.2, -0.15) is 0 Å². The van der Waals surface area contributed by atoms with Crippen LogP contribution in [0.1, 0.15) is 89.4 Å². The molecule has 0 aliphatic heterocycles. The lowest BCUT2D eigenvalue weighted by Gasteiger charge is -2.52. The summed E-state index contributed by atoms with van der Waals surface area (Å²) >= 11 is 0. The molecule has 0 heterocycles. The van der Waals surface area contributed by atoms with Crippen molar-refractivity contribution in [2.24, 2.45) is 23.2 Å². The number of hydrogen-bond donors (Lipinski definition) is 1. The molecule has 2 saturated carbocycles. The van der Waals surface area contributed by atoms with Gasteiger partial charge in [-0.15, -0.1) is 0 Å². The smallest absolute Gasteiger partial charge is 0.0846 e. The van der Waals surface area contributed by atoms with Crippen molar-refractivity contribution >= 4 is 0 Å². The zero-order valence-corrected chi connectivity index (χ0v) is 15.4. The molecule has 0 aromatic heterocycles. The summed E-state index contributed by atoms with van der Waals surface area (Å²) in [5, 5.41) is 11.3. The summed E-state index contributed by atoms with van der Waals surface area (Å²) in [6.07, 6.45) is 7.24. The fourth-order valence-corrected chi connectivity index (χ4v) is 5.71. The summed E-state index contributed by atoms with van der Waals surface area (Å²) in [7, 11) is 0. The minimum atomic E-state index is -0.290. The van der Waals surface area contributed by atoms with Crippen LogP contribution >= 0.6 is 0 Å². The van der Waals surface area contributed by atoms with Gasteiger partial charge in [0, 0.05) is 5.41 Å². The molecule has 0 amide bonds. The fraction of sp³-hybridized carbons (Fsp3) is 0.727. The first kappa shape index (κ1) is 17.0. The summed E-state index contributed by atoms with van der Waals surface area (Å²) in [6.45, 7) is 9.28. The Balaban J connectivity index is 1.84. The van der Waals surface area contributed by atoms with Crippen LogP contribution in [0.5, 0.6) is 0 Å². The first-order valence-electron chi connectivity index (χ1n) is 9.71. The van der Waals surface area contributed by atoms with Gasteiger partial charge in [0.05, 0.1) is 6.10 Å². The van der Waals surface area contributed by atoms with E-state index in [4.69, 9.17) is 0 Å². The van der Waals surface area contributed by atoms with Gasteiger partial charge in [-0.1, -0.05) is 52.0 Å². The normalized spacial score (nSPS) is 36.5. The van der Waals surface area contributed by atoms with E-state index in [-0.39, 0.29) is 11.5 Å². The summed E-state index contributed by atoms with van der Waals surface area (Å²) in [4.78, 5) is 0. The van der Waals surface area contributed by atoms with Crippen LogP contribution in [-0.2, 0) is 0 Å². The van der Waals surface area contributed by atoms with Crippen LogP contribution in [0.25, 0.3) is 0 Å². The Kier molecular flexibility index (Phi) is 4.88. The Labute approximate surface area is 142 Å². The van der Waals surface area contributed by atoms with Gasteiger partial charge in [0.1, 0.15) is 0 Å². The van der Waals surface area contributed by atoms with Gasteiger partial charge in [-0.3, -0.25) is 0 Å². The number of hydrogen-bond acceptors (Lipinski definition) is 1. The highest BCUT2D eigenvalue weighted by Crippen LogP contribution is 2.58. The number of aliphatic hydroxyl groups excluding tert-OH is 1. The Morgan fingerprint density at radius 2 is 1.52 bits per heavy atom. The van der Waals surface area contributed by atoms with Crippen molar-refractivity contribution < 1.29 is 5.11 Å². The third-order valence-electron chi connectivity index (χ3n) is 6.69. The Bertz CT molecular complexity index is 498. The molecule has 2 bridgehead atoms. The second kappa shape index (κ2) is 6.59.